The van der Waals surface area contributed by atoms with Crippen molar-refractivity contribution in [1.29, 1.82) is 0 Å². The fraction of sp³-hybridized carbons (Fsp3) is 0.188. The van der Waals surface area contributed by atoms with E-state index in [0.717, 1.165) is 6.26 Å². The van der Waals surface area contributed by atoms with Gasteiger partial charge in [-0.2, -0.15) is 8.42 Å². The third-order valence-corrected chi connectivity index (χ3v) is 3.64. The lowest BCUT2D eigenvalue weighted by atomic mass is 10.2. The lowest BCUT2D eigenvalue weighted by Crippen LogP contribution is -2.51. The second-order valence-electron chi connectivity index (χ2n) is 5.25. The van der Waals surface area contributed by atoms with Gasteiger partial charge in [-0.1, -0.05) is 18.2 Å². The molecule has 1 atom stereocenters. The summed E-state index contributed by atoms with van der Waals surface area (Å²) in [6, 6.07) is 15.8. The number of primary amides is 1. The number of anilines is 1. The van der Waals surface area contributed by atoms with Crippen LogP contribution in [0.1, 0.15) is 6.92 Å². The van der Waals surface area contributed by atoms with E-state index >= 15 is 0 Å². The molecule has 1 amide bonds. The second-order valence-corrected chi connectivity index (χ2v) is 6.82. The van der Waals surface area contributed by atoms with Crippen LogP contribution >= 0.6 is 0 Å². The number of ether oxygens (including phenoxy) is 1. The first-order valence-electron chi connectivity index (χ1n) is 7.00. The number of carbonyl (C=O) groups excluding carboxylic acids is 1. The van der Waals surface area contributed by atoms with E-state index < -0.39 is 21.8 Å². The smallest absolute Gasteiger partial charge is 0.271 e. The van der Waals surface area contributed by atoms with Crippen LogP contribution in [0.4, 0.5) is 5.69 Å². The zero-order valence-corrected chi connectivity index (χ0v) is 14.0. The summed E-state index contributed by atoms with van der Waals surface area (Å²) in [5.41, 5.74) is 3.79. The first-order valence-corrected chi connectivity index (χ1v) is 8.81. The molecule has 7 nitrogen and oxygen atoms in total. The number of rotatable bonds is 7. The van der Waals surface area contributed by atoms with Crippen LogP contribution in [0.15, 0.2) is 54.6 Å². The molecule has 3 N–H and O–H groups in total. The molecule has 0 aliphatic heterocycles. The normalized spacial score (nSPS) is 13.8. The molecule has 1 unspecified atom stereocenters. The van der Waals surface area contributed by atoms with Crippen LogP contribution in [0.3, 0.4) is 0 Å². The van der Waals surface area contributed by atoms with Crippen molar-refractivity contribution in [2.45, 2.75) is 12.6 Å². The highest BCUT2D eigenvalue weighted by atomic mass is 32.2. The molecule has 2 aromatic carbocycles. The molecule has 8 heteroatoms. The molecule has 0 bridgehead atoms. The maximum atomic E-state index is 11.6. The minimum atomic E-state index is -3.88. The Morgan fingerprint density at radius 1 is 1.04 bits per heavy atom. The van der Waals surface area contributed by atoms with Gasteiger partial charge in [0, 0.05) is 5.69 Å². The molecule has 0 aliphatic rings. The lowest BCUT2D eigenvalue weighted by Gasteiger charge is -2.27. The number of hydrogen-bond donors (Lipinski definition) is 2. The van der Waals surface area contributed by atoms with E-state index in [1.807, 2.05) is 30.3 Å². The van der Waals surface area contributed by atoms with Crippen LogP contribution in [-0.2, 0) is 19.1 Å². The summed E-state index contributed by atoms with van der Waals surface area (Å²) in [4.78, 5) is 11.6. The Kier molecular flexibility index (Phi) is 5.10. The summed E-state index contributed by atoms with van der Waals surface area (Å²) in [5.74, 6) is 0.301. The van der Waals surface area contributed by atoms with E-state index in [4.69, 9.17) is 14.7 Å². The first-order chi connectivity index (χ1) is 11.2. The van der Waals surface area contributed by atoms with Crippen molar-refractivity contribution in [2.24, 2.45) is 5.73 Å². The van der Waals surface area contributed by atoms with Gasteiger partial charge in [0.1, 0.15) is 11.5 Å². The maximum absolute atomic E-state index is 11.6. The molecular weight excluding hydrogens is 332 g/mol. The van der Waals surface area contributed by atoms with Crippen LogP contribution in [0.5, 0.6) is 11.5 Å². The summed E-state index contributed by atoms with van der Waals surface area (Å²) in [6.07, 6.45) is 0.840. The van der Waals surface area contributed by atoms with Gasteiger partial charge >= 0.3 is 0 Å². The predicted molar refractivity (Wildman–Crippen MR) is 90.1 cm³/mol. The van der Waals surface area contributed by atoms with Gasteiger partial charge in [0.2, 0.25) is 5.72 Å². The molecule has 0 saturated carbocycles. The van der Waals surface area contributed by atoms with Crippen LogP contribution in [0, 0.1) is 0 Å². The molecular formula is C16H18N2O5S. The standard InChI is InChI=1S/C16H18N2O5S/c1-16(15(17)19,23-24(2,20)21)18-12-8-10-14(11-9-12)22-13-6-4-3-5-7-13/h3-11,18H,1-2H3,(H2,17,19). The Morgan fingerprint density at radius 3 is 2.08 bits per heavy atom. The van der Waals surface area contributed by atoms with E-state index in [0.29, 0.717) is 17.2 Å². The first kappa shape index (κ1) is 17.8. The van der Waals surface area contributed by atoms with Crippen molar-refractivity contribution in [3.05, 3.63) is 54.6 Å². The molecule has 0 aliphatic carbocycles. The van der Waals surface area contributed by atoms with Crippen molar-refractivity contribution in [3.63, 3.8) is 0 Å². The summed E-state index contributed by atoms with van der Waals surface area (Å²) >= 11 is 0. The van der Waals surface area contributed by atoms with Crippen LogP contribution in [-0.4, -0.2) is 26.3 Å². The van der Waals surface area contributed by atoms with Gasteiger partial charge < -0.3 is 15.8 Å². The zero-order valence-electron chi connectivity index (χ0n) is 13.2. The van der Waals surface area contributed by atoms with Crippen molar-refractivity contribution >= 4 is 21.7 Å². The molecule has 0 aromatic heterocycles. The Labute approximate surface area is 140 Å². The quantitative estimate of drug-likeness (QED) is 0.585. The number of benzene rings is 2. The molecule has 0 radical (unpaired) electrons. The van der Waals surface area contributed by atoms with E-state index in [9.17, 15) is 13.2 Å². The maximum Gasteiger partial charge on any atom is 0.271 e. The SMILES string of the molecule is CC(Nc1ccc(Oc2ccccc2)cc1)(OS(C)(=O)=O)C(N)=O. The number of nitrogens with one attached hydrogen (secondary N) is 1. The summed E-state index contributed by atoms with van der Waals surface area (Å²) in [7, 11) is -3.88. The number of carbonyl (C=O) groups is 1. The summed E-state index contributed by atoms with van der Waals surface area (Å²) in [5, 5.41) is 2.67. The number of amides is 1. The molecule has 2 rings (SSSR count). The molecule has 0 saturated heterocycles. The van der Waals surface area contributed by atoms with Crippen LogP contribution in [0.2, 0.25) is 0 Å². The molecule has 0 fully saturated rings. The Hall–Kier alpha value is -2.58. The molecule has 128 valence electrons. The van der Waals surface area contributed by atoms with Gasteiger partial charge in [0.15, 0.2) is 0 Å². The fourth-order valence-corrected chi connectivity index (χ4v) is 2.66. The van der Waals surface area contributed by atoms with Gasteiger partial charge in [0.25, 0.3) is 16.0 Å². The van der Waals surface area contributed by atoms with Crippen molar-refractivity contribution in [2.75, 3.05) is 11.6 Å². The molecule has 2 aromatic rings. The molecule has 0 heterocycles. The highest BCUT2D eigenvalue weighted by molar-refractivity contribution is 7.86. The Balaban J connectivity index is 2.13. The third-order valence-electron chi connectivity index (χ3n) is 3.00. The van der Waals surface area contributed by atoms with E-state index in [2.05, 4.69) is 5.32 Å². The largest absolute Gasteiger partial charge is 0.457 e. The third kappa shape index (κ3) is 4.97. The molecule has 24 heavy (non-hydrogen) atoms. The van der Waals surface area contributed by atoms with E-state index in [1.54, 1.807) is 24.3 Å². The topological polar surface area (TPSA) is 108 Å². The molecule has 0 spiro atoms. The summed E-state index contributed by atoms with van der Waals surface area (Å²) in [6.45, 7) is 1.24. The van der Waals surface area contributed by atoms with E-state index in [1.165, 1.54) is 6.92 Å². The van der Waals surface area contributed by atoms with Gasteiger partial charge in [-0.25, -0.2) is 4.18 Å². The van der Waals surface area contributed by atoms with Gasteiger partial charge in [-0.05, 0) is 43.3 Å². The zero-order chi connectivity index (χ0) is 17.8. The van der Waals surface area contributed by atoms with Gasteiger partial charge in [-0.15, -0.1) is 0 Å². The number of nitrogens with two attached hydrogens (primary N) is 1. The van der Waals surface area contributed by atoms with Gasteiger partial charge in [-0.3, -0.25) is 4.79 Å². The van der Waals surface area contributed by atoms with Crippen molar-refractivity contribution in [3.8, 4) is 11.5 Å². The number of para-hydroxylation sites is 1. The summed E-state index contributed by atoms with van der Waals surface area (Å²) < 4.78 is 33.0. The highest BCUT2D eigenvalue weighted by Crippen LogP contribution is 2.24. The van der Waals surface area contributed by atoms with E-state index in [-0.39, 0.29) is 0 Å². The number of hydrogen-bond acceptors (Lipinski definition) is 6. The fourth-order valence-electron chi connectivity index (χ4n) is 1.93. The van der Waals surface area contributed by atoms with Crippen LogP contribution < -0.4 is 15.8 Å². The van der Waals surface area contributed by atoms with Crippen molar-refractivity contribution < 1.29 is 22.1 Å². The lowest BCUT2D eigenvalue weighted by molar-refractivity contribution is -0.129. The minimum Gasteiger partial charge on any atom is -0.457 e. The average Bonchev–Trinajstić information content (AvgIpc) is 2.48. The second kappa shape index (κ2) is 6.90. The monoisotopic (exact) mass is 350 g/mol. The predicted octanol–water partition coefficient (Wildman–Crippen LogP) is 2.07. The average molecular weight is 350 g/mol. The minimum absolute atomic E-state index is 0.445. The van der Waals surface area contributed by atoms with Crippen molar-refractivity contribution in [1.82, 2.24) is 0 Å². The Bertz CT molecular complexity index is 806. The Morgan fingerprint density at radius 2 is 1.58 bits per heavy atom. The van der Waals surface area contributed by atoms with Gasteiger partial charge in [0.05, 0.1) is 6.26 Å². The highest BCUT2D eigenvalue weighted by Gasteiger charge is 2.36. The van der Waals surface area contributed by atoms with Crippen LogP contribution in [0.25, 0.3) is 0 Å².